The molecule has 2 aliphatic carbocycles. The van der Waals surface area contributed by atoms with Crippen LogP contribution in [-0.2, 0) is 10.2 Å². The summed E-state index contributed by atoms with van der Waals surface area (Å²) < 4.78 is 0. The number of hydrogen-bond acceptors (Lipinski definition) is 1. The van der Waals surface area contributed by atoms with Crippen LogP contribution in [0.25, 0.3) is 0 Å². The van der Waals surface area contributed by atoms with Gasteiger partial charge in [-0.2, -0.15) is 0 Å². The summed E-state index contributed by atoms with van der Waals surface area (Å²) in [5.74, 6) is -0.923. The number of carboxylic acid groups (broad SMARTS) is 1. The standard InChI is InChI=1S/C13H14O2/c14-12(15)10-8-13(6-3-7-13)11-5-2-1-4-9(10)11/h1-2,4-5,10H,3,6-8H2,(H,14,15). The lowest BCUT2D eigenvalue weighted by atomic mass is 9.65. The first-order valence-electron chi connectivity index (χ1n) is 5.55. The van der Waals surface area contributed by atoms with E-state index in [1.54, 1.807) is 0 Å². The molecule has 78 valence electrons. The quantitative estimate of drug-likeness (QED) is 0.760. The Hall–Kier alpha value is -1.31. The highest BCUT2D eigenvalue weighted by Crippen LogP contribution is 2.56. The number of hydrogen-bond donors (Lipinski definition) is 1. The maximum absolute atomic E-state index is 11.2. The Kier molecular flexibility index (Phi) is 1.70. The van der Waals surface area contributed by atoms with Gasteiger partial charge in [0, 0.05) is 0 Å². The molecular weight excluding hydrogens is 188 g/mol. The van der Waals surface area contributed by atoms with Gasteiger partial charge >= 0.3 is 5.97 Å². The first-order valence-corrected chi connectivity index (χ1v) is 5.55. The Balaban J connectivity index is 2.11. The van der Waals surface area contributed by atoms with E-state index in [0.717, 1.165) is 12.0 Å². The molecule has 2 aliphatic rings. The largest absolute Gasteiger partial charge is 0.481 e. The Labute approximate surface area is 88.9 Å². The van der Waals surface area contributed by atoms with Crippen molar-refractivity contribution in [1.82, 2.24) is 0 Å². The van der Waals surface area contributed by atoms with Crippen molar-refractivity contribution in [2.24, 2.45) is 0 Å². The summed E-state index contributed by atoms with van der Waals surface area (Å²) in [4.78, 5) is 11.2. The summed E-state index contributed by atoms with van der Waals surface area (Å²) >= 11 is 0. The van der Waals surface area contributed by atoms with E-state index >= 15 is 0 Å². The van der Waals surface area contributed by atoms with Crippen LogP contribution < -0.4 is 0 Å². The van der Waals surface area contributed by atoms with Gasteiger partial charge in [0.15, 0.2) is 0 Å². The Morgan fingerprint density at radius 1 is 1.33 bits per heavy atom. The van der Waals surface area contributed by atoms with Gasteiger partial charge < -0.3 is 5.11 Å². The van der Waals surface area contributed by atoms with Gasteiger partial charge in [0.2, 0.25) is 0 Å². The van der Waals surface area contributed by atoms with Crippen LogP contribution in [0.15, 0.2) is 24.3 Å². The summed E-state index contributed by atoms with van der Waals surface area (Å²) in [5, 5.41) is 9.21. The second-order valence-corrected chi connectivity index (χ2v) is 4.82. The molecule has 1 atom stereocenters. The summed E-state index contributed by atoms with van der Waals surface area (Å²) in [6, 6.07) is 8.09. The highest BCUT2D eigenvalue weighted by molar-refractivity contribution is 5.79. The average molecular weight is 202 g/mol. The van der Waals surface area contributed by atoms with Gasteiger partial charge in [-0.3, -0.25) is 4.79 Å². The molecule has 15 heavy (non-hydrogen) atoms. The molecule has 1 fully saturated rings. The van der Waals surface area contributed by atoms with E-state index in [9.17, 15) is 9.90 Å². The molecule has 0 amide bonds. The van der Waals surface area contributed by atoms with E-state index < -0.39 is 5.97 Å². The molecule has 1 aromatic carbocycles. The molecule has 1 spiro atoms. The highest BCUT2D eigenvalue weighted by atomic mass is 16.4. The zero-order valence-electron chi connectivity index (χ0n) is 8.57. The summed E-state index contributed by atoms with van der Waals surface area (Å²) in [6.07, 6.45) is 4.42. The molecule has 2 nitrogen and oxygen atoms in total. The third-order valence-corrected chi connectivity index (χ3v) is 4.11. The van der Waals surface area contributed by atoms with Crippen LogP contribution in [-0.4, -0.2) is 11.1 Å². The van der Waals surface area contributed by atoms with Gasteiger partial charge in [-0.1, -0.05) is 30.7 Å². The fraction of sp³-hybridized carbons (Fsp3) is 0.462. The Bertz CT molecular complexity index is 418. The molecule has 1 aromatic rings. The maximum Gasteiger partial charge on any atom is 0.311 e. The maximum atomic E-state index is 11.2. The van der Waals surface area contributed by atoms with E-state index in [1.807, 2.05) is 18.2 Å². The summed E-state index contributed by atoms with van der Waals surface area (Å²) in [5.41, 5.74) is 2.59. The van der Waals surface area contributed by atoms with E-state index in [1.165, 1.54) is 24.8 Å². The SMILES string of the molecule is O=C(O)C1CC2(CCC2)c2ccccc21. The molecule has 0 aromatic heterocycles. The monoisotopic (exact) mass is 202 g/mol. The molecule has 3 rings (SSSR count). The van der Waals surface area contributed by atoms with Crippen molar-refractivity contribution in [3.05, 3.63) is 35.4 Å². The molecule has 0 bridgehead atoms. The zero-order chi connectivity index (χ0) is 10.5. The minimum absolute atomic E-state index is 0.222. The van der Waals surface area contributed by atoms with Gasteiger partial charge in [0.25, 0.3) is 0 Å². The van der Waals surface area contributed by atoms with Gasteiger partial charge in [-0.25, -0.2) is 0 Å². The topological polar surface area (TPSA) is 37.3 Å². The van der Waals surface area contributed by atoms with Gasteiger partial charge in [-0.15, -0.1) is 0 Å². The van der Waals surface area contributed by atoms with Crippen LogP contribution in [0, 0.1) is 0 Å². The number of rotatable bonds is 1. The van der Waals surface area contributed by atoms with Crippen molar-refractivity contribution in [3.8, 4) is 0 Å². The number of carbonyl (C=O) groups is 1. The minimum Gasteiger partial charge on any atom is -0.481 e. The lowest BCUT2D eigenvalue weighted by molar-refractivity contribution is -0.139. The van der Waals surface area contributed by atoms with Crippen molar-refractivity contribution < 1.29 is 9.90 Å². The van der Waals surface area contributed by atoms with Crippen molar-refractivity contribution in [1.29, 1.82) is 0 Å². The molecule has 0 saturated heterocycles. The van der Waals surface area contributed by atoms with E-state index in [0.29, 0.717) is 0 Å². The molecule has 0 aliphatic heterocycles. The summed E-state index contributed by atoms with van der Waals surface area (Å²) in [7, 11) is 0. The van der Waals surface area contributed by atoms with Gasteiger partial charge in [-0.05, 0) is 35.8 Å². The fourth-order valence-electron chi connectivity index (χ4n) is 3.19. The van der Waals surface area contributed by atoms with Gasteiger partial charge in [0.05, 0.1) is 5.92 Å². The molecular formula is C13H14O2. The first kappa shape index (κ1) is 8.96. The van der Waals surface area contributed by atoms with Crippen molar-refractivity contribution in [2.45, 2.75) is 37.0 Å². The predicted octanol–water partition coefficient (Wildman–Crippen LogP) is 2.68. The van der Waals surface area contributed by atoms with Crippen LogP contribution in [0.2, 0.25) is 0 Å². The molecule has 1 saturated carbocycles. The van der Waals surface area contributed by atoms with Crippen molar-refractivity contribution in [2.75, 3.05) is 0 Å². The van der Waals surface area contributed by atoms with E-state index in [2.05, 4.69) is 6.07 Å². The van der Waals surface area contributed by atoms with Crippen LogP contribution in [0.3, 0.4) is 0 Å². The Morgan fingerprint density at radius 3 is 2.67 bits per heavy atom. The second-order valence-electron chi connectivity index (χ2n) is 4.82. The van der Waals surface area contributed by atoms with Crippen molar-refractivity contribution in [3.63, 3.8) is 0 Å². The number of benzene rings is 1. The first-order chi connectivity index (χ1) is 7.23. The number of carboxylic acids is 1. The number of fused-ring (bicyclic) bond motifs is 2. The fourth-order valence-corrected chi connectivity index (χ4v) is 3.19. The second kappa shape index (κ2) is 2.84. The van der Waals surface area contributed by atoms with Crippen molar-refractivity contribution >= 4 is 5.97 Å². The molecule has 2 heteroatoms. The van der Waals surface area contributed by atoms with Crippen LogP contribution in [0.1, 0.15) is 42.7 Å². The molecule has 1 unspecified atom stereocenters. The highest BCUT2D eigenvalue weighted by Gasteiger charge is 2.49. The Morgan fingerprint density at radius 2 is 2.07 bits per heavy atom. The summed E-state index contributed by atoms with van der Waals surface area (Å²) in [6.45, 7) is 0. The third kappa shape index (κ3) is 1.08. The van der Waals surface area contributed by atoms with E-state index in [-0.39, 0.29) is 11.3 Å². The minimum atomic E-state index is -0.661. The lowest BCUT2D eigenvalue weighted by Gasteiger charge is -2.39. The van der Waals surface area contributed by atoms with E-state index in [4.69, 9.17) is 0 Å². The average Bonchev–Trinajstić information content (AvgIpc) is 2.52. The van der Waals surface area contributed by atoms with Crippen LogP contribution in [0.4, 0.5) is 0 Å². The number of aliphatic carboxylic acids is 1. The molecule has 0 radical (unpaired) electrons. The smallest absolute Gasteiger partial charge is 0.311 e. The molecule has 0 heterocycles. The zero-order valence-corrected chi connectivity index (χ0v) is 8.57. The normalized spacial score (nSPS) is 26.0. The molecule has 1 N–H and O–H groups in total. The predicted molar refractivity (Wildman–Crippen MR) is 57.0 cm³/mol. The third-order valence-electron chi connectivity index (χ3n) is 4.11. The van der Waals surface area contributed by atoms with Gasteiger partial charge in [0.1, 0.15) is 0 Å². The van der Waals surface area contributed by atoms with Crippen LogP contribution in [0.5, 0.6) is 0 Å². The lowest BCUT2D eigenvalue weighted by Crippen LogP contribution is -2.32. The van der Waals surface area contributed by atoms with Crippen LogP contribution >= 0.6 is 0 Å².